The highest BCUT2D eigenvalue weighted by Crippen LogP contribution is 2.20. The van der Waals surface area contributed by atoms with Crippen molar-refractivity contribution in [2.75, 3.05) is 5.32 Å². The average Bonchev–Trinajstić information content (AvgIpc) is 2.46. The fourth-order valence-electron chi connectivity index (χ4n) is 2.52. The minimum Gasteiger partial charge on any atom is -0.365 e. The van der Waals surface area contributed by atoms with Crippen LogP contribution in [0, 0.1) is 20.8 Å². The molecule has 0 aliphatic rings. The van der Waals surface area contributed by atoms with Crippen LogP contribution >= 0.6 is 15.9 Å². The Morgan fingerprint density at radius 1 is 1.17 bits per heavy atom. The van der Waals surface area contributed by atoms with Gasteiger partial charge in [-0.2, -0.15) is 0 Å². The molecule has 0 aliphatic heterocycles. The number of nitrogens with two attached hydrogens (primary N) is 1. The molecule has 0 bridgehead atoms. The van der Waals surface area contributed by atoms with Crippen LogP contribution in [0.2, 0.25) is 0 Å². The molecule has 1 heterocycles. The molecule has 0 saturated heterocycles. The van der Waals surface area contributed by atoms with Crippen LogP contribution in [0.1, 0.15) is 27.2 Å². The molecule has 0 atom stereocenters. The van der Waals surface area contributed by atoms with Gasteiger partial charge in [0.1, 0.15) is 12.1 Å². The molecule has 0 aliphatic carbocycles. The zero-order valence-corrected chi connectivity index (χ0v) is 15.2. The van der Waals surface area contributed by atoms with Gasteiger partial charge < -0.3 is 15.6 Å². The van der Waals surface area contributed by atoms with E-state index in [0.717, 1.165) is 10.0 Å². The number of carbonyl (C=O) groups excluding carboxylic acids is 2. The molecule has 1 aromatic carbocycles. The van der Waals surface area contributed by atoms with Crippen LogP contribution < -0.4 is 16.6 Å². The topological polar surface area (TPSA) is 94.2 Å². The van der Waals surface area contributed by atoms with Crippen molar-refractivity contribution in [1.82, 2.24) is 4.57 Å². The van der Waals surface area contributed by atoms with Gasteiger partial charge in [0.25, 0.3) is 11.5 Å². The van der Waals surface area contributed by atoms with Crippen molar-refractivity contribution in [1.29, 1.82) is 0 Å². The Morgan fingerprint density at radius 2 is 1.83 bits per heavy atom. The van der Waals surface area contributed by atoms with Crippen LogP contribution in [-0.4, -0.2) is 16.4 Å². The number of halogens is 1. The minimum absolute atomic E-state index is 0.0896. The van der Waals surface area contributed by atoms with Crippen LogP contribution in [0.5, 0.6) is 0 Å². The Kier molecular flexibility index (Phi) is 5.23. The monoisotopic (exact) mass is 391 g/mol. The SMILES string of the molecule is Cc1cc(Br)ccc1NC(=O)Cn1c(C)cc(C)c(C(N)=O)c1=O. The van der Waals surface area contributed by atoms with Crippen LogP contribution in [0.25, 0.3) is 0 Å². The quantitative estimate of drug-likeness (QED) is 0.836. The number of hydrogen-bond acceptors (Lipinski definition) is 3. The predicted molar refractivity (Wildman–Crippen MR) is 96.2 cm³/mol. The number of aromatic nitrogens is 1. The largest absolute Gasteiger partial charge is 0.365 e. The maximum absolute atomic E-state index is 12.4. The lowest BCUT2D eigenvalue weighted by molar-refractivity contribution is -0.116. The van der Waals surface area contributed by atoms with Gasteiger partial charge in [0.15, 0.2) is 0 Å². The lowest BCUT2D eigenvalue weighted by atomic mass is 10.1. The molecule has 126 valence electrons. The van der Waals surface area contributed by atoms with Gasteiger partial charge in [-0.3, -0.25) is 14.4 Å². The first-order valence-corrected chi connectivity index (χ1v) is 8.07. The molecular formula is C17H18BrN3O3. The summed E-state index contributed by atoms with van der Waals surface area (Å²) < 4.78 is 2.16. The van der Waals surface area contributed by atoms with Crippen molar-refractivity contribution in [2.24, 2.45) is 5.73 Å². The number of aryl methyl sites for hydroxylation is 3. The summed E-state index contributed by atoms with van der Waals surface area (Å²) in [7, 11) is 0. The van der Waals surface area contributed by atoms with Crippen molar-refractivity contribution < 1.29 is 9.59 Å². The molecule has 0 fully saturated rings. The van der Waals surface area contributed by atoms with E-state index in [1.165, 1.54) is 4.57 Å². The van der Waals surface area contributed by atoms with Gasteiger partial charge in [-0.25, -0.2) is 0 Å². The lowest BCUT2D eigenvalue weighted by Crippen LogP contribution is -2.35. The van der Waals surface area contributed by atoms with E-state index in [1.54, 1.807) is 26.0 Å². The average molecular weight is 392 g/mol. The highest BCUT2D eigenvalue weighted by Gasteiger charge is 2.17. The summed E-state index contributed by atoms with van der Waals surface area (Å²) in [6.45, 7) is 5.02. The van der Waals surface area contributed by atoms with Gasteiger partial charge in [0.05, 0.1) is 0 Å². The Hall–Kier alpha value is -2.41. The van der Waals surface area contributed by atoms with E-state index >= 15 is 0 Å². The maximum atomic E-state index is 12.4. The molecule has 3 N–H and O–H groups in total. The summed E-state index contributed by atoms with van der Waals surface area (Å²) in [5, 5.41) is 2.77. The van der Waals surface area contributed by atoms with Crippen LogP contribution in [0.4, 0.5) is 5.69 Å². The Bertz CT molecular complexity index is 887. The molecule has 1 aromatic heterocycles. The van der Waals surface area contributed by atoms with Crippen molar-refractivity contribution in [3.05, 3.63) is 61.5 Å². The smallest absolute Gasteiger partial charge is 0.264 e. The van der Waals surface area contributed by atoms with Gasteiger partial charge in [-0.15, -0.1) is 0 Å². The number of nitrogens with one attached hydrogen (secondary N) is 1. The number of carbonyl (C=O) groups is 2. The minimum atomic E-state index is -0.796. The zero-order valence-electron chi connectivity index (χ0n) is 13.6. The molecule has 6 nitrogen and oxygen atoms in total. The number of hydrogen-bond donors (Lipinski definition) is 2. The van der Waals surface area contributed by atoms with Crippen molar-refractivity contribution in [2.45, 2.75) is 27.3 Å². The molecule has 2 rings (SSSR count). The van der Waals surface area contributed by atoms with E-state index in [1.807, 2.05) is 19.1 Å². The van der Waals surface area contributed by atoms with Crippen LogP contribution in [0.3, 0.4) is 0 Å². The predicted octanol–water partition coefficient (Wildman–Crippen LogP) is 2.27. The standard InChI is InChI=1S/C17H18BrN3O3/c1-9-7-12(18)4-5-13(9)20-14(22)8-21-11(3)6-10(2)15(16(19)23)17(21)24/h4-7H,8H2,1-3H3,(H2,19,23)(H,20,22). The van der Waals surface area contributed by atoms with Crippen molar-refractivity contribution >= 4 is 33.4 Å². The molecular weight excluding hydrogens is 374 g/mol. The summed E-state index contributed by atoms with van der Waals surface area (Å²) in [6.07, 6.45) is 0. The number of benzene rings is 1. The van der Waals surface area contributed by atoms with Crippen LogP contribution in [-0.2, 0) is 11.3 Å². The number of rotatable bonds is 4. The lowest BCUT2D eigenvalue weighted by Gasteiger charge is -2.14. The molecule has 0 saturated carbocycles. The Balaban J connectivity index is 2.31. The van der Waals surface area contributed by atoms with E-state index in [9.17, 15) is 14.4 Å². The second-order valence-electron chi connectivity index (χ2n) is 5.61. The normalized spacial score (nSPS) is 10.5. The molecule has 7 heteroatoms. The van der Waals surface area contributed by atoms with E-state index in [4.69, 9.17) is 5.73 Å². The van der Waals surface area contributed by atoms with Gasteiger partial charge in [-0.05, 0) is 56.2 Å². The van der Waals surface area contributed by atoms with Gasteiger partial charge in [0, 0.05) is 15.9 Å². The van der Waals surface area contributed by atoms with Gasteiger partial charge in [-0.1, -0.05) is 15.9 Å². The first-order chi connectivity index (χ1) is 11.2. The second-order valence-corrected chi connectivity index (χ2v) is 6.52. The number of anilines is 1. The summed E-state index contributed by atoms with van der Waals surface area (Å²) in [5.41, 5.74) is 7.27. The first-order valence-electron chi connectivity index (χ1n) is 7.27. The highest BCUT2D eigenvalue weighted by molar-refractivity contribution is 9.10. The zero-order chi connectivity index (χ0) is 18.0. The molecule has 2 aromatic rings. The molecule has 0 unspecified atom stereocenters. The number of nitrogens with zero attached hydrogens (tertiary/aromatic N) is 1. The summed E-state index contributed by atoms with van der Waals surface area (Å²) in [6, 6.07) is 7.14. The number of primary amides is 1. The third-order valence-electron chi connectivity index (χ3n) is 3.72. The third-order valence-corrected chi connectivity index (χ3v) is 4.21. The fraction of sp³-hybridized carbons (Fsp3) is 0.235. The Morgan fingerprint density at radius 3 is 2.42 bits per heavy atom. The van der Waals surface area contributed by atoms with E-state index in [-0.39, 0.29) is 18.0 Å². The third kappa shape index (κ3) is 3.73. The molecule has 2 amide bonds. The Labute approximate surface area is 147 Å². The maximum Gasteiger partial charge on any atom is 0.264 e. The van der Waals surface area contributed by atoms with E-state index in [2.05, 4.69) is 21.2 Å². The van der Waals surface area contributed by atoms with Gasteiger partial charge >= 0.3 is 0 Å². The molecule has 24 heavy (non-hydrogen) atoms. The van der Waals surface area contributed by atoms with E-state index in [0.29, 0.717) is 16.9 Å². The van der Waals surface area contributed by atoms with Gasteiger partial charge in [0.2, 0.25) is 5.91 Å². The number of amides is 2. The second kappa shape index (κ2) is 7.00. The van der Waals surface area contributed by atoms with Crippen LogP contribution in [0.15, 0.2) is 33.5 Å². The fourth-order valence-corrected chi connectivity index (χ4v) is 3.00. The summed E-state index contributed by atoms with van der Waals surface area (Å²) >= 11 is 3.36. The van der Waals surface area contributed by atoms with Crippen molar-refractivity contribution in [3.63, 3.8) is 0 Å². The molecule has 0 spiro atoms. The summed E-state index contributed by atoms with van der Waals surface area (Å²) in [5.74, 6) is -1.15. The summed E-state index contributed by atoms with van der Waals surface area (Å²) in [4.78, 5) is 36.2. The van der Waals surface area contributed by atoms with Crippen molar-refractivity contribution in [3.8, 4) is 0 Å². The molecule has 0 radical (unpaired) electrons. The van der Waals surface area contributed by atoms with E-state index < -0.39 is 11.5 Å². The number of pyridine rings is 1. The highest BCUT2D eigenvalue weighted by atomic mass is 79.9. The first kappa shape index (κ1) is 17.9.